The van der Waals surface area contributed by atoms with Crippen molar-refractivity contribution in [3.8, 4) is 0 Å². The third kappa shape index (κ3) is 4.56. The van der Waals surface area contributed by atoms with Gasteiger partial charge >= 0.3 is 0 Å². The maximum atomic E-state index is 12.3. The Balaban J connectivity index is 1.86. The van der Waals surface area contributed by atoms with Gasteiger partial charge in [-0.1, -0.05) is 26.2 Å². The molecule has 1 aromatic heterocycles. The van der Waals surface area contributed by atoms with E-state index in [1.165, 1.54) is 19.3 Å². The van der Waals surface area contributed by atoms with Crippen LogP contribution in [0.5, 0.6) is 0 Å². The first-order chi connectivity index (χ1) is 10.0. The van der Waals surface area contributed by atoms with Crippen molar-refractivity contribution in [2.24, 2.45) is 11.8 Å². The molecule has 120 valence electrons. The average molecular weight is 313 g/mol. The van der Waals surface area contributed by atoms with Crippen LogP contribution in [0.2, 0.25) is 0 Å². The minimum absolute atomic E-state index is 0.329. The Bertz CT molecular complexity index is 531. The molecular weight excluding hydrogens is 286 g/mol. The molecule has 5 nitrogen and oxygen atoms in total. The fraction of sp³-hybridized carbons (Fsp3) is 0.733. The van der Waals surface area contributed by atoms with Gasteiger partial charge in [0.2, 0.25) is 10.0 Å². The number of hydrogen-bond acceptors (Lipinski definition) is 3. The molecule has 0 aromatic carbocycles. The Labute approximate surface area is 128 Å². The van der Waals surface area contributed by atoms with E-state index < -0.39 is 10.0 Å². The van der Waals surface area contributed by atoms with Crippen molar-refractivity contribution >= 4 is 10.0 Å². The second-order valence-corrected chi connectivity index (χ2v) is 7.80. The second kappa shape index (κ2) is 7.42. The molecular formula is C15H27N3O2S. The lowest BCUT2D eigenvalue weighted by Crippen LogP contribution is -2.31. The lowest BCUT2D eigenvalue weighted by atomic mass is 9.81. The summed E-state index contributed by atoms with van der Waals surface area (Å²) in [7, 11) is -1.55. The third-order valence-electron chi connectivity index (χ3n) is 4.50. The molecule has 1 fully saturated rings. The molecule has 0 atom stereocenters. The fourth-order valence-electron chi connectivity index (χ4n) is 3.02. The summed E-state index contributed by atoms with van der Waals surface area (Å²) in [5, 5.41) is 3.00. The summed E-state index contributed by atoms with van der Waals surface area (Å²) in [5.41, 5.74) is 0.876. The van der Waals surface area contributed by atoms with Crippen molar-refractivity contribution in [2.45, 2.75) is 50.5 Å². The number of aromatic nitrogens is 1. The Hall–Kier alpha value is -0.850. The molecule has 0 amide bonds. The zero-order valence-corrected chi connectivity index (χ0v) is 13.8. The highest BCUT2D eigenvalue weighted by atomic mass is 32.2. The van der Waals surface area contributed by atoms with Gasteiger partial charge in [0.05, 0.1) is 4.90 Å². The van der Waals surface area contributed by atoms with Crippen LogP contribution in [-0.4, -0.2) is 27.0 Å². The van der Waals surface area contributed by atoms with Crippen molar-refractivity contribution in [3.63, 3.8) is 0 Å². The summed E-state index contributed by atoms with van der Waals surface area (Å²) < 4.78 is 27.3. The van der Waals surface area contributed by atoms with Gasteiger partial charge in [-0.25, -0.2) is 13.1 Å². The van der Waals surface area contributed by atoms with Gasteiger partial charge in [-0.15, -0.1) is 0 Å². The van der Waals surface area contributed by atoms with Crippen molar-refractivity contribution < 1.29 is 8.42 Å². The zero-order chi connectivity index (χ0) is 15.3. The molecule has 0 spiro atoms. The zero-order valence-electron chi connectivity index (χ0n) is 13.0. The van der Waals surface area contributed by atoms with E-state index in [2.05, 4.69) is 21.9 Å². The second-order valence-electron chi connectivity index (χ2n) is 6.04. The van der Waals surface area contributed by atoms with Crippen LogP contribution in [0.3, 0.4) is 0 Å². The SMILES string of the molecule is CCC1CCC(CNS(=O)(=O)c2c[nH]c(CNC)c2)CC1. The van der Waals surface area contributed by atoms with Crippen molar-refractivity contribution in [2.75, 3.05) is 13.6 Å². The van der Waals surface area contributed by atoms with E-state index in [-0.39, 0.29) is 0 Å². The monoisotopic (exact) mass is 313 g/mol. The van der Waals surface area contributed by atoms with E-state index in [4.69, 9.17) is 0 Å². The quantitative estimate of drug-likeness (QED) is 0.722. The Morgan fingerprint density at radius 3 is 2.52 bits per heavy atom. The van der Waals surface area contributed by atoms with Crippen molar-refractivity contribution in [3.05, 3.63) is 18.0 Å². The summed E-state index contributed by atoms with van der Waals surface area (Å²) in [6.07, 6.45) is 7.55. The average Bonchev–Trinajstić information content (AvgIpc) is 2.96. The molecule has 21 heavy (non-hydrogen) atoms. The highest BCUT2D eigenvalue weighted by molar-refractivity contribution is 7.89. The van der Waals surface area contributed by atoms with E-state index in [1.807, 2.05) is 7.05 Å². The maximum Gasteiger partial charge on any atom is 0.242 e. The molecule has 3 N–H and O–H groups in total. The van der Waals surface area contributed by atoms with E-state index in [0.29, 0.717) is 23.9 Å². The molecule has 0 unspecified atom stereocenters. The molecule has 1 aromatic rings. The summed E-state index contributed by atoms with van der Waals surface area (Å²) in [6.45, 7) is 3.43. The topological polar surface area (TPSA) is 74.0 Å². The molecule has 0 saturated heterocycles. The maximum absolute atomic E-state index is 12.3. The number of H-pyrrole nitrogens is 1. The molecule has 0 radical (unpaired) electrons. The number of nitrogens with one attached hydrogen (secondary N) is 3. The standard InChI is InChI=1S/C15H27N3O2S/c1-3-12-4-6-13(7-5-12)9-18-21(19,20)15-8-14(10-16-2)17-11-15/h8,11-13,16-18H,3-7,9-10H2,1-2H3. The predicted octanol–water partition coefficient (Wildman–Crippen LogP) is 2.23. The van der Waals surface area contributed by atoms with Gasteiger partial charge in [-0.2, -0.15) is 0 Å². The first kappa shape index (κ1) is 16.5. The Kier molecular flexibility index (Phi) is 5.84. The summed E-state index contributed by atoms with van der Waals surface area (Å²) >= 11 is 0. The van der Waals surface area contributed by atoms with Crippen LogP contribution in [0.25, 0.3) is 0 Å². The Morgan fingerprint density at radius 1 is 1.24 bits per heavy atom. The highest BCUT2D eigenvalue weighted by Gasteiger charge is 2.22. The molecule has 1 heterocycles. The van der Waals surface area contributed by atoms with Crippen LogP contribution in [0.15, 0.2) is 17.2 Å². The normalized spacial score (nSPS) is 23.3. The predicted molar refractivity (Wildman–Crippen MR) is 84.5 cm³/mol. The van der Waals surface area contributed by atoms with Crippen LogP contribution in [0.1, 0.15) is 44.7 Å². The van der Waals surface area contributed by atoms with Gasteiger partial charge in [0.1, 0.15) is 0 Å². The van der Waals surface area contributed by atoms with Gasteiger partial charge < -0.3 is 10.3 Å². The van der Waals surface area contributed by atoms with E-state index in [1.54, 1.807) is 12.3 Å². The van der Waals surface area contributed by atoms with E-state index >= 15 is 0 Å². The molecule has 0 aliphatic heterocycles. The molecule has 2 rings (SSSR count). The molecule has 1 aliphatic rings. The fourth-order valence-corrected chi connectivity index (χ4v) is 4.15. The summed E-state index contributed by atoms with van der Waals surface area (Å²) in [4.78, 5) is 3.31. The van der Waals surface area contributed by atoms with Crippen LogP contribution in [-0.2, 0) is 16.6 Å². The molecule has 1 saturated carbocycles. The molecule has 0 bridgehead atoms. The van der Waals surface area contributed by atoms with E-state index in [0.717, 1.165) is 24.5 Å². The number of sulfonamides is 1. The molecule has 6 heteroatoms. The van der Waals surface area contributed by atoms with Crippen molar-refractivity contribution in [1.82, 2.24) is 15.0 Å². The minimum Gasteiger partial charge on any atom is -0.363 e. The Morgan fingerprint density at radius 2 is 1.90 bits per heavy atom. The van der Waals surface area contributed by atoms with Crippen LogP contribution >= 0.6 is 0 Å². The first-order valence-electron chi connectivity index (χ1n) is 7.86. The number of aromatic amines is 1. The van der Waals surface area contributed by atoms with Crippen LogP contribution in [0.4, 0.5) is 0 Å². The summed E-state index contributed by atoms with van der Waals surface area (Å²) in [5.74, 6) is 1.32. The highest BCUT2D eigenvalue weighted by Crippen LogP contribution is 2.30. The smallest absolute Gasteiger partial charge is 0.242 e. The van der Waals surface area contributed by atoms with Gasteiger partial charge in [-0.3, -0.25) is 0 Å². The lowest BCUT2D eigenvalue weighted by molar-refractivity contribution is 0.270. The van der Waals surface area contributed by atoms with E-state index in [9.17, 15) is 8.42 Å². The van der Waals surface area contributed by atoms with Gasteiger partial charge in [0, 0.05) is 25.0 Å². The van der Waals surface area contributed by atoms with Gasteiger partial charge in [0.25, 0.3) is 0 Å². The van der Waals surface area contributed by atoms with Crippen LogP contribution < -0.4 is 10.0 Å². The first-order valence-corrected chi connectivity index (χ1v) is 9.35. The summed E-state index contributed by atoms with van der Waals surface area (Å²) in [6, 6.07) is 1.69. The minimum atomic E-state index is -3.39. The molecule has 1 aliphatic carbocycles. The van der Waals surface area contributed by atoms with Gasteiger partial charge in [-0.05, 0) is 37.8 Å². The van der Waals surface area contributed by atoms with Crippen molar-refractivity contribution in [1.29, 1.82) is 0 Å². The van der Waals surface area contributed by atoms with Gasteiger partial charge in [0.15, 0.2) is 0 Å². The lowest BCUT2D eigenvalue weighted by Gasteiger charge is -2.27. The number of hydrogen-bond donors (Lipinski definition) is 3. The third-order valence-corrected chi connectivity index (χ3v) is 5.90. The number of rotatable bonds is 7. The van der Waals surface area contributed by atoms with Crippen LogP contribution in [0, 0.1) is 11.8 Å². The largest absolute Gasteiger partial charge is 0.363 e.